The summed E-state index contributed by atoms with van der Waals surface area (Å²) in [6.07, 6.45) is 3.82. The Hall–Kier alpha value is -2.97. The second-order valence-corrected chi connectivity index (χ2v) is 6.75. The molecule has 3 heterocycles. The number of nitrogens with two attached hydrogens (primary N) is 1. The van der Waals surface area contributed by atoms with Gasteiger partial charge in [-0.25, -0.2) is 14.8 Å². The van der Waals surface area contributed by atoms with Gasteiger partial charge >= 0.3 is 0 Å². The first-order valence-electron chi connectivity index (χ1n) is 8.15. The van der Waals surface area contributed by atoms with Gasteiger partial charge in [0.2, 0.25) is 5.88 Å². The molecule has 26 heavy (non-hydrogen) atoms. The summed E-state index contributed by atoms with van der Waals surface area (Å²) in [4.78, 5) is 14.1. The van der Waals surface area contributed by atoms with E-state index in [2.05, 4.69) is 25.8 Å². The predicted molar refractivity (Wildman–Crippen MR) is 101 cm³/mol. The molecule has 0 aromatic carbocycles. The molecule has 1 fully saturated rings. The van der Waals surface area contributed by atoms with Gasteiger partial charge in [-0.3, -0.25) is 0 Å². The van der Waals surface area contributed by atoms with Crippen molar-refractivity contribution in [3.8, 4) is 11.9 Å². The summed E-state index contributed by atoms with van der Waals surface area (Å²) in [5.74, 6) is 1.32. The van der Waals surface area contributed by atoms with E-state index in [-0.39, 0.29) is 11.5 Å². The number of aromatic nitrogens is 2. The fourth-order valence-corrected chi connectivity index (χ4v) is 3.82. The molecule has 2 aromatic heterocycles. The van der Waals surface area contributed by atoms with Crippen LogP contribution >= 0.6 is 11.8 Å². The normalized spacial score (nSPS) is 13.3. The summed E-state index contributed by atoms with van der Waals surface area (Å²) >= 11 is 1.42. The van der Waals surface area contributed by atoms with Gasteiger partial charge in [-0.1, -0.05) is 6.07 Å². The first-order chi connectivity index (χ1) is 12.7. The van der Waals surface area contributed by atoms with Crippen molar-refractivity contribution in [2.24, 2.45) is 0 Å². The highest BCUT2D eigenvalue weighted by Gasteiger charge is 2.25. The number of nitriles is 1. The van der Waals surface area contributed by atoms with Crippen LogP contribution in [0.3, 0.4) is 0 Å². The average molecular weight is 366 g/mol. The van der Waals surface area contributed by atoms with Crippen molar-refractivity contribution >= 4 is 29.0 Å². The SMILES string of the molecule is [C-]#[N+]c1c(N)nc(SCc2ccc(OC)nc2)c(C#N)c1N1CCCC1. The van der Waals surface area contributed by atoms with Gasteiger partial charge in [-0.15, -0.1) is 11.8 Å². The Balaban J connectivity index is 1.93. The van der Waals surface area contributed by atoms with Crippen LogP contribution in [0.5, 0.6) is 5.88 Å². The molecule has 0 bridgehead atoms. The largest absolute Gasteiger partial charge is 0.481 e. The predicted octanol–water partition coefficient (Wildman–Crippen LogP) is 3.38. The van der Waals surface area contributed by atoms with Crippen molar-refractivity contribution in [3.05, 3.63) is 40.9 Å². The molecule has 0 spiro atoms. The van der Waals surface area contributed by atoms with Crippen molar-refractivity contribution in [3.63, 3.8) is 0 Å². The molecule has 0 saturated carbocycles. The molecule has 0 amide bonds. The van der Waals surface area contributed by atoms with Crippen LogP contribution in [0.4, 0.5) is 17.2 Å². The number of nitrogens with zero attached hydrogens (tertiary/aromatic N) is 5. The summed E-state index contributed by atoms with van der Waals surface area (Å²) < 4.78 is 5.06. The van der Waals surface area contributed by atoms with E-state index in [1.54, 1.807) is 19.4 Å². The van der Waals surface area contributed by atoms with E-state index in [9.17, 15) is 5.26 Å². The molecule has 1 aliphatic rings. The summed E-state index contributed by atoms with van der Waals surface area (Å²) in [6, 6.07) is 5.95. The van der Waals surface area contributed by atoms with Gasteiger partial charge in [0.25, 0.3) is 5.69 Å². The quantitative estimate of drug-likeness (QED) is 0.640. The Kier molecular flexibility index (Phi) is 5.45. The highest BCUT2D eigenvalue weighted by atomic mass is 32.2. The highest BCUT2D eigenvalue weighted by molar-refractivity contribution is 7.98. The van der Waals surface area contributed by atoms with Gasteiger partial charge in [0.1, 0.15) is 16.9 Å². The minimum absolute atomic E-state index is 0.177. The highest BCUT2D eigenvalue weighted by Crippen LogP contribution is 2.42. The molecule has 0 unspecified atom stereocenters. The maximum atomic E-state index is 9.73. The van der Waals surface area contributed by atoms with E-state index < -0.39 is 0 Å². The van der Waals surface area contributed by atoms with Crippen LogP contribution in [-0.4, -0.2) is 30.2 Å². The summed E-state index contributed by atoms with van der Waals surface area (Å²) in [6.45, 7) is 9.10. The van der Waals surface area contributed by atoms with E-state index in [4.69, 9.17) is 17.0 Å². The molecule has 1 aliphatic heterocycles. The van der Waals surface area contributed by atoms with Gasteiger partial charge < -0.3 is 15.4 Å². The number of anilines is 2. The topological polar surface area (TPSA) is 92.4 Å². The second kappa shape index (κ2) is 7.94. The second-order valence-electron chi connectivity index (χ2n) is 5.79. The fourth-order valence-electron chi connectivity index (χ4n) is 2.89. The van der Waals surface area contributed by atoms with E-state index >= 15 is 0 Å². The standard InChI is InChI=1S/C18H18N6OS/c1-21-15-16(24-7-3-4-8-24)13(9-19)18(23-17(15)20)26-11-12-5-6-14(25-2)22-10-12/h5-6,10H,3-4,7-8,11H2,2H3,(H2,20,23). The number of pyridine rings is 2. The molecule has 0 atom stereocenters. The number of rotatable bonds is 5. The van der Waals surface area contributed by atoms with Crippen molar-refractivity contribution in [1.82, 2.24) is 9.97 Å². The lowest BCUT2D eigenvalue weighted by Gasteiger charge is -2.22. The zero-order valence-corrected chi connectivity index (χ0v) is 15.2. The summed E-state index contributed by atoms with van der Waals surface area (Å²) in [5, 5.41) is 10.3. The maximum absolute atomic E-state index is 9.73. The smallest absolute Gasteiger partial charge is 0.251 e. The maximum Gasteiger partial charge on any atom is 0.251 e. The molecule has 0 aliphatic carbocycles. The van der Waals surface area contributed by atoms with E-state index in [1.165, 1.54) is 11.8 Å². The Morgan fingerprint density at radius 1 is 1.42 bits per heavy atom. The number of nitrogen functional groups attached to an aromatic ring is 1. The average Bonchev–Trinajstić information content (AvgIpc) is 3.20. The minimum atomic E-state index is 0.177. The van der Waals surface area contributed by atoms with E-state index in [1.807, 2.05) is 6.07 Å². The molecule has 132 valence electrons. The summed E-state index contributed by atoms with van der Waals surface area (Å²) in [7, 11) is 1.57. The molecule has 3 rings (SSSR count). The van der Waals surface area contributed by atoms with Crippen LogP contribution in [0.1, 0.15) is 24.0 Å². The van der Waals surface area contributed by atoms with Crippen LogP contribution in [-0.2, 0) is 5.75 Å². The molecule has 1 saturated heterocycles. The molecule has 2 N–H and O–H groups in total. The molecule has 7 nitrogen and oxygen atoms in total. The lowest BCUT2D eigenvalue weighted by atomic mass is 10.2. The fraction of sp³-hybridized carbons (Fsp3) is 0.333. The number of methoxy groups -OCH3 is 1. The number of thioether (sulfide) groups is 1. The van der Waals surface area contributed by atoms with Crippen molar-refractivity contribution < 1.29 is 4.74 Å². The van der Waals surface area contributed by atoms with Gasteiger partial charge in [0.15, 0.2) is 0 Å². The lowest BCUT2D eigenvalue weighted by Crippen LogP contribution is -2.20. The van der Waals surface area contributed by atoms with Crippen molar-refractivity contribution in [1.29, 1.82) is 5.26 Å². The van der Waals surface area contributed by atoms with Gasteiger partial charge in [0.05, 0.1) is 24.9 Å². The zero-order valence-electron chi connectivity index (χ0n) is 14.4. The van der Waals surface area contributed by atoms with Crippen LogP contribution in [0.2, 0.25) is 0 Å². The molecule has 2 aromatic rings. The zero-order chi connectivity index (χ0) is 18.5. The third-order valence-electron chi connectivity index (χ3n) is 4.17. The third-order valence-corrected chi connectivity index (χ3v) is 5.21. The lowest BCUT2D eigenvalue weighted by molar-refractivity contribution is 0.397. The van der Waals surface area contributed by atoms with Crippen LogP contribution in [0.15, 0.2) is 23.4 Å². The monoisotopic (exact) mass is 366 g/mol. The minimum Gasteiger partial charge on any atom is -0.481 e. The molecule has 8 heteroatoms. The summed E-state index contributed by atoms with van der Waals surface area (Å²) in [5.41, 5.74) is 8.34. The molecular formula is C18H18N6OS. The molecular weight excluding hydrogens is 348 g/mol. The van der Waals surface area contributed by atoms with Gasteiger partial charge in [-0.2, -0.15) is 5.26 Å². The van der Waals surface area contributed by atoms with Crippen LogP contribution in [0, 0.1) is 17.9 Å². The first kappa shape index (κ1) is 17.8. The Bertz CT molecular complexity index is 879. The van der Waals surface area contributed by atoms with Crippen molar-refractivity contribution in [2.75, 3.05) is 30.8 Å². The van der Waals surface area contributed by atoms with E-state index in [0.29, 0.717) is 27.9 Å². The van der Waals surface area contributed by atoms with Crippen molar-refractivity contribution in [2.45, 2.75) is 23.6 Å². The Morgan fingerprint density at radius 3 is 2.77 bits per heavy atom. The van der Waals surface area contributed by atoms with Gasteiger partial charge in [-0.05, 0) is 18.4 Å². The first-order valence-corrected chi connectivity index (χ1v) is 9.14. The number of ether oxygens (including phenoxy) is 1. The van der Waals surface area contributed by atoms with Crippen LogP contribution < -0.4 is 15.4 Å². The Labute approximate surface area is 156 Å². The van der Waals surface area contributed by atoms with Gasteiger partial charge in [0, 0.05) is 31.1 Å². The number of hydrogen-bond donors (Lipinski definition) is 1. The van der Waals surface area contributed by atoms with E-state index in [0.717, 1.165) is 31.5 Å². The Morgan fingerprint density at radius 2 is 2.19 bits per heavy atom. The number of hydrogen-bond acceptors (Lipinski definition) is 7. The third kappa shape index (κ3) is 3.51. The molecule has 0 radical (unpaired) electrons. The van der Waals surface area contributed by atoms with Crippen LogP contribution in [0.25, 0.3) is 4.85 Å².